The molecule has 2 amide bonds. The Morgan fingerprint density at radius 1 is 0.971 bits per heavy atom. The molecule has 0 aromatic heterocycles. The van der Waals surface area contributed by atoms with Crippen molar-refractivity contribution < 1.29 is 9.59 Å². The smallest absolute Gasteiger partial charge is 0.238 e. The van der Waals surface area contributed by atoms with Gasteiger partial charge in [-0.25, -0.2) is 4.99 Å². The highest BCUT2D eigenvalue weighted by Gasteiger charge is 2.35. The summed E-state index contributed by atoms with van der Waals surface area (Å²) in [6.45, 7) is 0.498. The average molecular weight is 547 g/mol. The molecule has 180 valence electrons. The van der Waals surface area contributed by atoms with Crippen molar-refractivity contribution in [3.05, 3.63) is 93.4 Å². The van der Waals surface area contributed by atoms with Gasteiger partial charge in [0.2, 0.25) is 11.8 Å². The Balaban J connectivity index is 1.52. The molecule has 0 aliphatic carbocycles. The van der Waals surface area contributed by atoms with Crippen LogP contribution in [0.25, 0.3) is 0 Å². The van der Waals surface area contributed by atoms with Gasteiger partial charge >= 0.3 is 0 Å². The third kappa shape index (κ3) is 7.24. The lowest BCUT2D eigenvalue weighted by Crippen LogP contribution is -2.45. The third-order valence-corrected chi connectivity index (χ3v) is 7.14. The van der Waals surface area contributed by atoms with E-state index in [0.717, 1.165) is 12.8 Å². The molecule has 1 fully saturated rings. The second kappa shape index (κ2) is 12.0. The summed E-state index contributed by atoms with van der Waals surface area (Å²) in [5, 5.41) is 4.00. The van der Waals surface area contributed by atoms with E-state index < -0.39 is 5.25 Å². The molecular weight excluding hydrogens is 525 g/mol. The van der Waals surface area contributed by atoms with Crippen LogP contribution in [0.3, 0.4) is 0 Å². The first kappa shape index (κ1) is 25.6. The first-order chi connectivity index (χ1) is 16.9. The molecule has 1 saturated heterocycles. The van der Waals surface area contributed by atoms with Crippen LogP contribution in [0.5, 0.6) is 0 Å². The Kier molecular flexibility index (Phi) is 8.74. The van der Waals surface area contributed by atoms with Gasteiger partial charge in [-0.05, 0) is 54.8 Å². The number of aliphatic imine (C=N–C) groups is 1. The predicted octanol–water partition coefficient (Wildman–Crippen LogP) is 7.24. The van der Waals surface area contributed by atoms with E-state index in [1.54, 1.807) is 41.3 Å². The summed E-state index contributed by atoms with van der Waals surface area (Å²) in [4.78, 5) is 32.5. The largest absolute Gasteiger partial charge is 0.325 e. The van der Waals surface area contributed by atoms with Gasteiger partial charge < -0.3 is 5.32 Å². The maximum Gasteiger partial charge on any atom is 0.238 e. The number of aryl methyl sites for hydroxylation is 1. The summed E-state index contributed by atoms with van der Waals surface area (Å²) in [7, 11) is 0. The number of hydrogen-bond acceptors (Lipinski definition) is 4. The summed E-state index contributed by atoms with van der Waals surface area (Å²) in [6.07, 6.45) is 1.66. The third-order valence-electron chi connectivity index (χ3n) is 5.29. The van der Waals surface area contributed by atoms with Crippen LogP contribution < -0.4 is 5.32 Å². The average Bonchev–Trinajstić information content (AvgIpc) is 2.80. The molecule has 1 aliphatic rings. The molecule has 0 bridgehead atoms. The zero-order valence-corrected chi connectivity index (χ0v) is 21.7. The van der Waals surface area contributed by atoms with E-state index in [9.17, 15) is 9.59 Å². The first-order valence-electron chi connectivity index (χ1n) is 11.0. The fourth-order valence-corrected chi connectivity index (χ4v) is 5.49. The first-order valence-corrected chi connectivity index (χ1v) is 13.0. The lowest BCUT2D eigenvalue weighted by Gasteiger charge is -2.32. The number of thioether (sulfide) groups is 1. The summed E-state index contributed by atoms with van der Waals surface area (Å²) in [5.74, 6) is -0.466. The maximum absolute atomic E-state index is 13.2. The maximum atomic E-state index is 13.2. The van der Waals surface area contributed by atoms with Crippen molar-refractivity contribution in [3.8, 4) is 0 Å². The van der Waals surface area contributed by atoms with Gasteiger partial charge in [-0.15, -0.1) is 0 Å². The Bertz CT molecular complexity index is 1230. The molecule has 1 N–H and O–H groups in total. The number of benzene rings is 3. The van der Waals surface area contributed by atoms with Crippen molar-refractivity contribution in [1.82, 2.24) is 4.90 Å². The molecule has 1 aliphatic heterocycles. The second-order valence-electron chi connectivity index (χ2n) is 7.97. The molecule has 35 heavy (non-hydrogen) atoms. The highest BCUT2D eigenvalue weighted by molar-refractivity contribution is 8.15. The molecule has 1 atom stereocenters. The number of nitrogens with one attached hydrogen (secondary N) is 1. The van der Waals surface area contributed by atoms with E-state index in [2.05, 4.69) is 22.4 Å². The van der Waals surface area contributed by atoms with Crippen molar-refractivity contribution in [3.63, 3.8) is 0 Å². The zero-order chi connectivity index (χ0) is 24.8. The van der Waals surface area contributed by atoms with Gasteiger partial charge in [0.1, 0.15) is 5.25 Å². The summed E-state index contributed by atoms with van der Waals surface area (Å²) >= 11 is 19.5. The number of nitrogens with zero attached hydrogens (tertiary/aromatic N) is 2. The molecule has 4 rings (SSSR count). The van der Waals surface area contributed by atoms with E-state index in [1.165, 1.54) is 17.3 Å². The predicted molar refractivity (Wildman–Crippen MR) is 146 cm³/mol. The minimum atomic E-state index is -0.649. The standard InChI is InChI=1S/C26H22Cl3N3O2S/c27-18-9-4-10-21(13-18)31-26-32(11-5-8-17-6-2-1-3-7-17)24(33)16-23(35-26)25(34)30-22-14-19(28)12-20(29)15-22/h1-4,6-7,9-10,12-15,23H,5,8,11,16H2,(H,30,34). The number of halogens is 3. The van der Waals surface area contributed by atoms with E-state index in [1.807, 2.05) is 24.3 Å². The molecular formula is C26H22Cl3N3O2S. The lowest BCUT2D eigenvalue weighted by molar-refractivity contribution is -0.129. The number of carbonyl (C=O) groups excluding carboxylic acids is 2. The topological polar surface area (TPSA) is 61.8 Å². The molecule has 0 saturated carbocycles. The highest BCUT2D eigenvalue weighted by Crippen LogP contribution is 2.31. The van der Waals surface area contributed by atoms with Crippen molar-refractivity contribution in [2.75, 3.05) is 11.9 Å². The van der Waals surface area contributed by atoms with Crippen LogP contribution in [0.15, 0.2) is 77.8 Å². The summed E-state index contributed by atoms with van der Waals surface area (Å²) < 4.78 is 0. The molecule has 3 aromatic carbocycles. The van der Waals surface area contributed by atoms with Gasteiger partial charge in [0.15, 0.2) is 5.17 Å². The molecule has 1 heterocycles. The van der Waals surface area contributed by atoms with E-state index in [4.69, 9.17) is 34.8 Å². The number of anilines is 1. The minimum Gasteiger partial charge on any atom is -0.325 e. The normalized spacial score (nSPS) is 17.0. The van der Waals surface area contributed by atoms with Crippen LogP contribution >= 0.6 is 46.6 Å². The summed E-state index contributed by atoms with van der Waals surface area (Å²) in [5.41, 5.74) is 2.29. The molecule has 1 unspecified atom stereocenters. The Hall–Kier alpha value is -2.51. The van der Waals surface area contributed by atoms with Crippen molar-refractivity contribution in [2.45, 2.75) is 24.5 Å². The van der Waals surface area contributed by atoms with Crippen molar-refractivity contribution in [2.24, 2.45) is 4.99 Å². The quantitative estimate of drug-likeness (QED) is 0.340. The lowest BCUT2D eigenvalue weighted by atomic mass is 10.1. The molecule has 9 heteroatoms. The van der Waals surface area contributed by atoms with Gasteiger partial charge in [0, 0.05) is 33.7 Å². The number of hydrogen-bond donors (Lipinski definition) is 1. The Morgan fingerprint density at radius 3 is 2.43 bits per heavy atom. The SMILES string of the molecule is O=C(Nc1cc(Cl)cc(Cl)c1)C1CC(=O)N(CCCc2ccccc2)C(=Nc2cccc(Cl)c2)S1. The van der Waals surface area contributed by atoms with E-state index in [-0.39, 0.29) is 18.2 Å². The fraction of sp³-hybridized carbons (Fsp3) is 0.192. The van der Waals surface area contributed by atoms with Crippen LogP contribution in [0.1, 0.15) is 18.4 Å². The summed E-state index contributed by atoms with van der Waals surface area (Å²) in [6, 6.07) is 22.0. The number of amidine groups is 1. The molecule has 0 spiro atoms. The van der Waals surface area contributed by atoms with Crippen molar-refractivity contribution >= 4 is 74.9 Å². The number of carbonyl (C=O) groups is 2. The van der Waals surface area contributed by atoms with Crippen LogP contribution in [0, 0.1) is 0 Å². The van der Waals surface area contributed by atoms with Gasteiger partial charge in [-0.1, -0.05) is 83.0 Å². The Labute approximate surface area is 223 Å². The Morgan fingerprint density at radius 2 is 1.71 bits per heavy atom. The van der Waals surface area contributed by atoms with Crippen LogP contribution in [0.4, 0.5) is 11.4 Å². The van der Waals surface area contributed by atoms with Gasteiger partial charge in [-0.3, -0.25) is 14.5 Å². The highest BCUT2D eigenvalue weighted by atomic mass is 35.5. The fourth-order valence-electron chi connectivity index (χ4n) is 3.65. The number of rotatable bonds is 7. The van der Waals surface area contributed by atoms with E-state index in [0.29, 0.717) is 38.2 Å². The van der Waals surface area contributed by atoms with Gasteiger partial charge in [0.25, 0.3) is 0 Å². The van der Waals surface area contributed by atoms with Crippen LogP contribution in [-0.4, -0.2) is 33.7 Å². The monoisotopic (exact) mass is 545 g/mol. The van der Waals surface area contributed by atoms with Gasteiger partial charge in [-0.2, -0.15) is 0 Å². The second-order valence-corrected chi connectivity index (χ2v) is 10.4. The molecule has 0 radical (unpaired) electrons. The van der Waals surface area contributed by atoms with Crippen LogP contribution in [0.2, 0.25) is 15.1 Å². The zero-order valence-electron chi connectivity index (χ0n) is 18.6. The molecule has 3 aromatic rings. The minimum absolute atomic E-state index is 0.0602. The van der Waals surface area contributed by atoms with E-state index >= 15 is 0 Å². The van der Waals surface area contributed by atoms with Crippen molar-refractivity contribution in [1.29, 1.82) is 0 Å². The number of amides is 2. The van der Waals surface area contributed by atoms with Gasteiger partial charge in [0.05, 0.1) is 5.69 Å². The molecule has 5 nitrogen and oxygen atoms in total. The van der Waals surface area contributed by atoms with Crippen LogP contribution in [-0.2, 0) is 16.0 Å².